The van der Waals surface area contributed by atoms with Crippen LogP contribution in [0.1, 0.15) is 16.8 Å². The molecule has 1 aromatic heterocycles. The molecule has 3 rings (SSSR count). The van der Waals surface area contributed by atoms with Crippen molar-refractivity contribution in [3.05, 3.63) is 19.9 Å². The molecule has 104 valence electrons. The smallest absolute Gasteiger partial charge is 0.254 e. The minimum absolute atomic E-state index is 0.198. The van der Waals surface area contributed by atoms with Crippen molar-refractivity contribution in [1.82, 2.24) is 15.1 Å². The van der Waals surface area contributed by atoms with Gasteiger partial charge in [-0.05, 0) is 41.6 Å². The van der Waals surface area contributed by atoms with E-state index in [1.807, 2.05) is 16.3 Å². The Morgan fingerprint density at radius 2 is 2.16 bits per heavy atom. The van der Waals surface area contributed by atoms with Crippen LogP contribution in [0.15, 0.2) is 11.4 Å². The van der Waals surface area contributed by atoms with Crippen LogP contribution in [0, 0.1) is 2.88 Å². The maximum absolute atomic E-state index is 12.3. The zero-order valence-corrected chi connectivity index (χ0v) is 13.7. The summed E-state index contributed by atoms with van der Waals surface area (Å²) in [6.45, 7) is 6.00. The van der Waals surface area contributed by atoms with Gasteiger partial charge in [0.25, 0.3) is 5.91 Å². The number of hydrogen-bond acceptors (Lipinski definition) is 4. The standard InChI is InChI=1S/C13H18IN3OS/c14-12-7-10(9-19-12)13(18)17-5-3-16(4-6-17)11-1-2-15-8-11/h7,9,11,15H,1-6,8H2. The third kappa shape index (κ3) is 3.12. The van der Waals surface area contributed by atoms with Gasteiger partial charge in [-0.15, -0.1) is 11.3 Å². The molecule has 0 aliphatic carbocycles. The molecule has 4 nitrogen and oxygen atoms in total. The van der Waals surface area contributed by atoms with Gasteiger partial charge in [0, 0.05) is 44.1 Å². The molecule has 6 heteroatoms. The normalized spacial score (nSPS) is 24.9. The highest BCUT2D eigenvalue weighted by molar-refractivity contribution is 14.1. The number of halogens is 1. The number of nitrogens with zero attached hydrogens (tertiary/aromatic N) is 2. The summed E-state index contributed by atoms with van der Waals surface area (Å²) in [5, 5.41) is 5.38. The van der Waals surface area contributed by atoms with E-state index in [4.69, 9.17) is 0 Å². The lowest BCUT2D eigenvalue weighted by Crippen LogP contribution is -2.52. The van der Waals surface area contributed by atoms with Gasteiger partial charge >= 0.3 is 0 Å². The van der Waals surface area contributed by atoms with E-state index in [1.165, 1.54) is 9.30 Å². The van der Waals surface area contributed by atoms with Crippen LogP contribution >= 0.6 is 33.9 Å². The summed E-state index contributed by atoms with van der Waals surface area (Å²) in [6.07, 6.45) is 1.25. The van der Waals surface area contributed by atoms with Crippen LogP contribution in [0.2, 0.25) is 0 Å². The average molecular weight is 391 g/mol. The zero-order valence-electron chi connectivity index (χ0n) is 10.8. The highest BCUT2D eigenvalue weighted by Gasteiger charge is 2.28. The topological polar surface area (TPSA) is 35.6 Å². The highest BCUT2D eigenvalue weighted by Crippen LogP contribution is 2.19. The number of amides is 1. The Kier molecular flexibility index (Phi) is 4.40. The highest BCUT2D eigenvalue weighted by atomic mass is 127. The van der Waals surface area contributed by atoms with Crippen LogP contribution < -0.4 is 5.32 Å². The molecule has 19 heavy (non-hydrogen) atoms. The van der Waals surface area contributed by atoms with Crippen LogP contribution in [-0.2, 0) is 0 Å². The van der Waals surface area contributed by atoms with Crippen LogP contribution in [0.5, 0.6) is 0 Å². The SMILES string of the molecule is O=C(c1csc(I)c1)N1CCN(C2CCNC2)CC1. The van der Waals surface area contributed by atoms with Gasteiger partial charge in [0.1, 0.15) is 0 Å². The number of carbonyl (C=O) groups is 1. The second kappa shape index (κ2) is 6.07. The second-order valence-electron chi connectivity index (χ2n) is 5.11. The first-order valence-electron chi connectivity index (χ1n) is 6.72. The third-order valence-electron chi connectivity index (χ3n) is 3.97. The van der Waals surface area contributed by atoms with Gasteiger partial charge in [0.15, 0.2) is 0 Å². The zero-order chi connectivity index (χ0) is 13.2. The van der Waals surface area contributed by atoms with Crippen LogP contribution in [0.4, 0.5) is 0 Å². The molecule has 1 atom stereocenters. The fourth-order valence-corrected chi connectivity index (χ4v) is 4.17. The summed E-state index contributed by atoms with van der Waals surface area (Å²) in [4.78, 5) is 16.9. The number of nitrogens with one attached hydrogen (secondary N) is 1. The number of hydrogen-bond donors (Lipinski definition) is 1. The molecule has 2 aliphatic heterocycles. The predicted molar refractivity (Wildman–Crippen MR) is 85.8 cm³/mol. The number of thiophene rings is 1. The van der Waals surface area contributed by atoms with Gasteiger partial charge in [-0.2, -0.15) is 0 Å². The van der Waals surface area contributed by atoms with Gasteiger partial charge in [0.05, 0.1) is 8.45 Å². The van der Waals surface area contributed by atoms with Crippen molar-refractivity contribution in [3.63, 3.8) is 0 Å². The average Bonchev–Trinajstić information content (AvgIpc) is 3.09. The molecule has 3 heterocycles. The third-order valence-corrected chi connectivity index (χ3v) is 5.76. The number of piperazine rings is 1. The molecule has 1 N–H and O–H groups in total. The molecular formula is C13H18IN3OS. The van der Waals surface area contributed by atoms with E-state index in [0.717, 1.165) is 44.8 Å². The Morgan fingerprint density at radius 1 is 1.37 bits per heavy atom. The molecule has 2 fully saturated rings. The van der Waals surface area contributed by atoms with E-state index in [9.17, 15) is 4.79 Å². The molecule has 2 saturated heterocycles. The summed E-state index contributed by atoms with van der Waals surface area (Å²) in [5.41, 5.74) is 0.852. The van der Waals surface area contributed by atoms with Crippen molar-refractivity contribution in [2.45, 2.75) is 12.5 Å². The predicted octanol–water partition coefficient (Wildman–Crippen LogP) is 1.47. The maximum Gasteiger partial charge on any atom is 0.254 e. The Balaban J connectivity index is 1.56. The first kappa shape index (κ1) is 13.8. The van der Waals surface area contributed by atoms with Gasteiger partial charge in [0.2, 0.25) is 0 Å². The van der Waals surface area contributed by atoms with Gasteiger partial charge in [-0.25, -0.2) is 0 Å². The first-order chi connectivity index (χ1) is 9.24. The van der Waals surface area contributed by atoms with E-state index < -0.39 is 0 Å². The summed E-state index contributed by atoms with van der Waals surface area (Å²) >= 11 is 3.90. The van der Waals surface area contributed by atoms with Crippen LogP contribution in [-0.4, -0.2) is 61.0 Å². The molecule has 1 unspecified atom stereocenters. The van der Waals surface area contributed by atoms with Crippen molar-refractivity contribution in [2.75, 3.05) is 39.3 Å². The molecule has 0 spiro atoms. The van der Waals surface area contributed by atoms with E-state index in [1.54, 1.807) is 11.3 Å². The van der Waals surface area contributed by atoms with Crippen LogP contribution in [0.3, 0.4) is 0 Å². The van der Waals surface area contributed by atoms with Gasteiger partial charge in [-0.1, -0.05) is 0 Å². The Hall–Kier alpha value is -0.180. The summed E-state index contributed by atoms with van der Waals surface area (Å²) < 4.78 is 1.18. The van der Waals surface area contributed by atoms with E-state index in [0.29, 0.717) is 6.04 Å². The first-order valence-corrected chi connectivity index (χ1v) is 8.68. The monoisotopic (exact) mass is 391 g/mol. The lowest BCUT2D eigenvalue weighted by molar-refractivity contribution is 0.0584. The lowest BCUT2D eigenvalue weighted by atomic mass is 10.2. The van der Waals surface area contributed by atoms with Crippen molar-refractivity contribution in [2.24, 2.45) is 0 Å². The molecule has 0 radical (unpaired) electrons. The van der Waals surface area contributed by atoms with Crippen molar-refractivity contribution < 1.29 is 4.79 Å². The van der Waals surface area contributed by atoms with Crippen molar-refractivity contribution in [1.29, 1.82) is 0 Å². The summed E-state index contributed by atoms with van der Waals surface area (Å²) in [5.74, 6) is 0.198. The largest absolute Gasteiger partial charge is 0.336 e. The Morgan fingerprint density at radius 3 is 2.74 bits per heavy atom. The molecule has 2 aliphatic rings. The quantitative estimate of drug-likeness (QED) is 0.776. The number of carbonyl (C=O) groups excluding carboxylic acids is 1. The minimum Gasteiger partial charge on any atom is -0.336 e. The molecule has 0 aromatic carbocycles. The Labute approximate surface area is 131 Å². The summed E-state index contributed by atoms with van der Waals surface area (Å²) in [6, 6.07) is 2.67. The van der Waals surface area contributed by atoms with E-state index in [-0.39, 0.29) is 5.91 Å². The molecule has 1 amide bonds. The number of rotatable bonds is 2. The van der Waals surface area contributed by atoms with Crippen molar-refractivity contribution >= 4 is 39.8 Å². The van der Waals surface area contributed by atoms with E-state index in [2.05, 4.69) is 32.8 Å². The molecule has 0 bridgehead atoms. The minimum atomic E-state index is 0.198. The second-order valence-corrected chi connectivity index (χ2v) is 7.92. The van der Waals surface area contributed by atoms with E-state index >= 15 is 0 Å². The summed E-state index contributed by atoms with van der Waals surface area (Å²) in [7, 11) is 0. The molecule has 1 aromatic rings. The lowest BCUT2D eigenvalue weighted by Gasteiger charge is -2.37. The Bertz CT molecular complexity index is 450. The fraction of sp³-hybridized carbons (Fsp3) is 0.615. The van der Waals surface area contributed by atoms with Crippen molar-refractivity contribution in [3.8, 4) is 0 Å². The van der Waals surface area contributed by atoms with Crippen LogP contribution in [0.25, 0.3) is 0 Å². The van der Waals surface area contributed by atoms with Gasteiger partial charge < -0.3 is 10.2 Å². The molecule has 0 saturated carbocycles. The van der Waals surface area contributed by atoms with Gasteiger partial charge in [-0.3, -0.25) is 9.69 Å². The fourth-order valence-electron chi connectivity index (χ4n) is 2.85. The molecular weight excluding hydrogens is 373 g/mol. The maximum atomic E-state index is 12.3.